The first-order valence-electron chi connectivity index (χ1n) is 9.53. The summed E-state index contributed by atoms with van der Waals surface area (Å²) in [5.74, 6) is 1.15. The Kier molecular flexibility index (Phi) is 4.89. The molecule has 5 heteroatoms. The molecule has 0 bridgehead atoms. The fourth-order valence-electron chi connectivity index (χ4n) is 3.79. The number of rotatable bonds is 7. The van der Waals surface area contributed by atoms with Gasteiger partial charge >= 0.3 is 0 Å². The van der Waals surface area contributed by atoms with Crippen LogP contribution in [0.4, 0.5) is 0 Å². The number of aromatic nitrogens is 1. The van der Waals surface area contributed by atoms with E-state index in [9.17, 15) is 5.11 Å². The van der Waals surface area contributed by atoms with Crippen molar-refractivity contribution in [2.45, 2.75) is 24.7 Å². The Morgan fingerprint density at radius 3 is 2.46 bits per heavy atom. The van der Waals surface area contributed by atoms with Crippen LogP contribution >= 0.6 is 0 Å². The number of benzene rings is 2. The van der Waals surface area contributed by atoms with Gasteiger partial charge in [-0.15, -0.1) is 0 Å². The molecule has 1 N–H and O–H groups in total. The van der Waals surface area contributed by atoms with Crippen LogP contribution in [0.25, 0.3) is 22.4 Å². The van der Waals surface area contributed by atoms with Crippen LogP contribution in [0.5, 0.6) is 5.75 Å². The van der Waals surface area contributed by atoms with Crippen LogP contribution < -0.4 is 0 Å². The van der Waals surface area contributed by atoms with Gasteiger partial charge in [0, 0.05) is 30.5 Å². The summed E-state index contributed by atoms with van der Waals surface area (Å²) >= 11 is 0. The third kappa shape index (κ3) is 3.51. The van der Waals surface area contributed by atoms with Crippen molar-refractivity contribution in [2.75, 3.05) is 20.1 Å². The fourth-order valence-corrected chi connectivity index (χ4v) is 3.79. The highest BCUT2D eigenvalue weighted by Gasteiger charge is 2.50. The SMILES string of the molecule is CN(CCC#N)CC1(c2onc(-c3ccc(O)cc3)c2-c2ccccc2)CC1. The van der Waals surface area contributed by atoms with Crippen LogP contribution in [0.1, 0.15) is 25.0 Å². The molecule has 0 radical (unpaired) electrons. The minimum absolute atomic E-state index is 0.0580. The largest absolute Gasteiger partial charge is 0.508 e. The summed E-state index contributed by atoms with van der Waals surface area (Å²) < 4.78 is 5.96. The van der Waals surface area contributed by atoms with E-state index >= 15 is 0 Å². The van der Waals surface area contributed by atoms with Crippen molar-refractivity contribution in [2.24, 2.45) is 0 Å². The molecule has 0 unspecified atom stereocenters. The van der Waals surface area contributed by atoms with Crippen molar-refractivity contribution in [3.8, 4) is 34.2 Å². The van der Waals surface area contributed by atoms with E-state index in [1.165, 1.54) is 0 Å². The first-order chi connectivity index (χ1) is 13.6. The van der Waals surface area contributed by atoms with Gasteiger partial charge in [-0.3, -0.25) is 0 Å². The monoisotopic (exact) mass is 373 g/mol. The topological polar surface area (TPSA) is 73.3 Å². The quantitative estimate of drug-likeness (QED) is 0.656. The number of hydrogen-bond donors (Lipinski definition) is 1. The van der Waals surface area contributed by atoms with Crippen LogP contribution in [0, 0.1) is 11.3 Å². The number of likely N-dealkylation sites (N-methyl/N-ethyl adjacent to an activating group) is 1. The summed E-state index contributed by atoms with van der Waals surface area (Å²) in [7, 11) is 2.05. The normalized spacial score (nSPS) is 14.8. The summed E-state index contributed by atoms with van der Waals surface area (Å²) in [6.45, 7) is 1.59. The Bertz CT molecular complexity index is 983. The van der Waals surface area contributed by atoms with Crippen LogP contribution in [-0.2, 0) is 5.41 Å². The average molecular weight is 373 g/mol. The van der Waals surface area contributed by atoms with Crippen LogP contribution in [0.15, 0.2) is 59.1 Å². The summed E-state index contributed by atoms with van der Waals surface area (Å²) in [5, 5.41) is 22.9. The van der Waals surface area contributed by atoms with E-state index in [1.807, 2.05) is 30.3 Å². The van der Waals surface area contributed by atoms with Crippen molar-refractivity contribution in [1.82, 2.24) is 10.1 Å². The lowest BCUT2D eigenvalue weighted by atomic mass is 9.91. The number of phenolic OH excluding ortho intramolecular Hbond substituents is 1. The molecule has 0 saturated heterocycles. The van der Waals surface area contributed by atoms with Gasteiger partial charge in [-0.1, -0.05) is 35.5 Å². The Hall–Kier alpha value is -3.10. The van der Waals surface area contributed by atoms with Crippen LogP contribution in [-0.4, -0.2) is 35.3 Å². The lowest BCUT2D eigenvalue weighted by Crippen LogP contribution is -2.30. The van der Waals surface area contributed by atoms with Gasteiger partial charge < -0.3 is 14.5 Å². The molecule has 4 rings (SSSR count). The maximum Gasteiger partial charge on any atom is 0.152 e. The van der Waals surface area contributed by atoms with E-state index in [0.717, 1.165) is 54.1 Å². The van der Waals surface area contributed by atoms with Gasteiger partial charge in [-0.2, -0.15) is 5.26 Å². The van der Waals surface area contributed by atoms with Gasteiger partial charge in [0.1, 0.15) is 11.4 Å². The zero-order valence-corrected chi connectivity index (χ0v) is 15.9. The summed E-state index contributed by atoms with van der Waals surface area (Å²) in [6, 6.07) is 19.5. The van der Waals surface area contributed by atoms with Gasteiger partial charge in [-0.05, 0) is 49.7 Å². The maximum atomic E-state index is 9.63. The van der Waals surface area contributed by atoms with E-state index in [1.54, 1.807) is 12.1 Å². The molecule has 1 aliphatic carbocycles. The van der Waals surface area contributed by atoms with Crippen LogP contribution in [0.3, 0.4) is 0 Å². The molecule has 5 nitrogen and oxygen atoms in total. The number of nitriles is 1. The Morgan fingerprint density at radius 1 is 1.11 bits per heavy atom. The molecule has 1 fully saturated rings. The molecule has 0 atom stereocenters. The number of phenols is 1. The van der Waals surface area contributed by atoms with Gasteiger partial charge in [0.15, 0.2) is 5.76 Å². The molecular formula is C23H23N3O2. The molecule has 0 amide bonds. The minimum atomic E-state index is -0.0580. The fraction of sp³-hybridized carbons (Fsp3) is 0.304. The second-order valence-electron chi connectivity index (χ2n) is 7.57. The summed E-state index contributed by atoms with van der Waals surface area (Å²) in [5.41, 5.74) is 3.76. The first kappa shape index (κ1) is 18.3. The van der Waals surface area contributed by atoms with E-state index in [-0.39, 0.29) is 11.2 Å². The molecule has 1 heterocycles. The zero-order valence-electron chi connectivity index (χ0n) is 15.9. The molecule has 142 valence electrons. The average Bonchev–Trinajstić information content (AvgIpc) is 3.34. The number of hydrogen-bond acceptors (Lipinski definition) is 5. The predicted octanol–water partition coefficient (Wildman–Crippen LogP) is 4.59. The van der Waals surface area contributed by atoms with Gasteiger partial charge in [0.05, 0.1) is 11.6 Å². The highest BCUT2D eigenvalue weighted by atomic mass is 16.5. The third-order valence-corrected chi connectivity index (χ3v) is 5.41. The molecule has 0 aliphatic heterocycles. The molecule has 2 aromatic carbocycles. The molecular weight excluding hydrogens is 350 g/mol. The Morgan fingerprint density at radius 2 is 1.82 bits per heavy atom. The maximum absolute atomic E-state index is 9.63. The highest BCUT2D eigenvalue weighted by molar-refractivity contribution is 5.83. The Balaban J connectivity index is 1.76. The minimum Gasteiger partial charge on any atom is -0.508 e. The van der Waals surface area contributed by atoms with Gasteiger partial charge in [0.25, 0.3) is 0 Å². The smallest absolute Gasteiger partial charge is 0.152 e. The van der Waals surface area contributed by atoms with E-state index in [4.69, 9.17) is 9.78 Å². The van der Waals surface area contributed by atoms with Crippen molar-refractivity contribution >= 4 is 0 Å². The summed E-state index contributed by atoms with van der Waals surface area (Å²) in [4.78, 5) is 2.20. The zero-order chi connectivity index (χ0) is 19.6. The van der Waals surface area contributed by atoms with E-state index in [0.29, 0.717) is 6.42 Å². The van der Waals surface area contributed by atoms with E-state index < -0.39 is 0 Å². The van der Waals surface area contributed by atoms with Crippen molar-refractivity contribution in [1.29, 1.82) is 5.26 Å². The molecule has 1 aromatic heterocycles. The predicted molar refractivity (Wildman–Crippen MR) is 108 cm³/mol. The van der Waals surface area contributed by atoms with Crippen molar-refractivity contribution < 1.29 is 9.63 Å². The molecule has 1 saturated carbocycles. The van der Waals surface area contributed by atoms with Gasteiger partial charge in [0.2, 0.25) is 0 Å². The molecule has 0 spiro atoms. The van der Waals surface area contributed by atoms with Crippen molar-refractivity contribution in [3.05, 3.63) is 60.4 Å². The second kappa shape index (κ2) is 7.49. The van der Waals surface area contributed by atoms with E-state index in [2.05, 4.69) is 35.3 Å². The van der Waals surface area contributed by atoms with Crippen LogP contribution in [0.2, 0.25) is 0 Å². The third-order valence-electron chi connectivity index (χ3n) is 5.41. The van der Waals surface area contributed by atoms with Crippen molar-refractivity contribution in [3.63, 3.8) is 0 Å². The number of nitrogens with zero attached hydrogens (tertiary/aromatic N) is 3. The van der Waals surface area contributed by atoms with Gasteiger partial charge in [-0.25, -0.2) is 0 Å². The number of aromatic hydroxyl groups is 1. The molecule has 28 heavy (non-hydrogen) atoms. The molecule has 1 aliphatic rings. The molecule has 3 aromatic rings. The lowest BCUT2D eigenvalue weighted by molar-refractivity contribution is 0.271. The lowest BCUT2D eigenvalue weighted by Gasteiger charge is -2.22. The highest BCUT2D eigenvalue weighted by Crippen LogP contribution is 2.53. The first-order valence-corrected chi connectivity index (χ1v) is 9.53. The summed E-state index contributed by atoms with van der Waals surface area (Å²) in [6.07, 6.45) is 2.62. The Labute approximate surface area is 164 Å². The second-order valence-corrected chi connectivity index (χ2v) is 7.57. The standard InChI is InChI=1S/C23H23N3O2/c1-26(15-5-14-24)16-23(12-13-23)22-20(17-6-3-2-4-7-17)21(25-28-22)18-8-10-19(27)11-9-18/h2-4,6-11,27H,5,12-13,15-16H2,1H3.